The summed E-state index contributed by atoms with van der Waals surface area (Å²) in [7, 11) is 0. The highest BCUT2D eigenvalue weighted by molar-refractivity contribution is 6.25. The maximum absolute atomic E-state index is 2.45. The van der Waals surface area contributed by atoms with Crippen LogP contribution in [0, 0.1) is 0 Å². The monoisotopic (exact) mass is 584 g/mol. The summed E-state index contributed by atoms with van der Waals surface area (Å²) in [6.45, 7) is 0. The van der Waals surface area contributed by atoms with Crippen LogP contribution >= 0.6 is 0 Å². The zero-order valence-electron chi connectivity index (χ0n) is 25.1. The number of rotatable bonds is 3. The maximum Gasteiger partial charge on any atom is 0.0635 e. The summed E-state index contributed by atoms with van der Waals surface area (Å²) >= 11 is 0. The van der Waals surface area contributed by atoms with E-state index in [1.807, 2.05) is 0 Å². The molecular formula is C44H28N2. The molecule has 0 fully saturated rings. The number of para-hydroxylation sites is 2. The molecule has 2 heterocycles. The van der Waals surface area contributed by atoms with Gasteiger partial charge < -0.3 is 9.13 Å². The van der Waals surface area contributed by atoms with Crippen LogP contribution in [0.15, 0.2) is 170 Å². The second kappa shape index (κ2) is 9.69. The van der Waals surface area contributed by atoms with Gasteiger partial charge in [0.1, 0.15) is 0 Å². The lowest BCUT2D eigenvalue weighted by atomic mass is 9.92. The Kier molecular flexibility index (Phi) is 5.31. The topological polar surface area (TPSA) is 9.86 Å². The van der Waals surface area contributed by atoms with E-state index in [2.05, 4.69) is 179 Å². The molecule has 0 aliphatic rings. The van der Waals surface area contributed by atoms with Gasteiger partial charge in [0, 0.05) is 33.7 Å². The highest BCUT2D eigenvalue weighted by atomic mass is 15.0. The summed E-state index contributed by atoms with van der Waals surface area (Å²) < 4.78 is 4.74. The number of fused-ring (bicyclic) bond motifs is 11. The second-order valence-corrected chi connectivity index (χ2v) is 12.2. The van der Waals surface area contributed by atoms with Gasteiger partial charge in [0.05, 0.1) is 16.6 Å². The lowest BCUT2D eigenvalue weighted by molar-refractivity contribution is 1.13. The zero-order valence-corrected chi connectivity index (χ0v) is 25.1. The van der Waals surface area contributed by atoms with Gasteiger partial charge in [-0.05, 0) is 92.0 Å². The molecule has 10 aromatic rings. The Morgan fingerprint density at radius 1 is 0.304 bits per heavy atom. The van der Waals surface area contributed by atoms with Crippen molar-refractivity contribution in [1.29, 1.82) is 0 Å². The van der Waals surface area contributed by atoms with E-state index < -0.39 is 0 Å². The van der Waals surface area contributed by atoms with Gasteiger partial charge in [-0.3, -0.25) is 0 Å². The summed E-state index contributed by atoms with van der Waals surface area (Å²) in [6, 6.07) is 59.8. The Hall–Kier alpha value is -6.12. The van der Waals surface area contributed by atoms with Crippen LogP contribution in [0.25, 0.3) is 87.5 Å². The van der Waals surface area contributed by atoms with E-state index in [-0.39, 0.29) is 0 Å². The van der Waals surface area contributed by atoms with Gasteiger partial charge in [-0.2, -0.15) is 0 Å². The Balaban J connectivity index is 1.21. The molecule has 0 bridgehead atoms. The fraction of sp³-hybridized carbons (Fsp3) is 0. The number of aromatic nitrogens is 2. The van der Waals surface area contributed by atoms with E-state index in [0.717, 1.165) is 11.4 Å². The number of hydrogen-bond acceptors (Lipinski definition) is 0. The van der Waals surface area contributed by atoms with Gasteiger partial charge >= 0.3 is 0 Å². The maximum atomic E-state index is 2.45. The van der Waals surface area contributed by atoms with E-state index in [9.17, 15) is 0 Å². The first-order chi connectivity index (χ1) is 22.8. The first kappa shape index (κ1) is 25.2. The molecule has 0 aliphatic carbocycles. The van der Waals surface area contributed by atoms with Crippen molar-refractivity contribution >= 4 is 65.0 Å². The fourth-order valence-electron chi connectivity index (χ4n) is 7.67. The van der Waals surface area contributed by atoms with Gasteiger partial charge in [0.2, 0.25) is 0 Å². The number of nitrogens with zero attached hydrogens (tertiary/aromatic N) is 2. The molecule has 8 aromatic carbocycles. The van der Waals surface area contributed by atoms with Gasteiger partial charge in [0.25, 0.3) is 0 Å². The van der Waals surface area contributed by atoms with E-state index in [1.165, 1.54) is 76.2 Å². The number of hydrogen-bond donors (Lipinski definition) is 0. The van der Waals surface area contributed by atoms with Crippen molar-refractivity contribution in [3.8, 4) is 22.5 Å². The van der Waals surface area contributed by atoms with Crippen molar-refractivity contribution in [2.24, 2.45) is 0 Å². The van der Waals surface area contributed by atoms with Gasteiger partial charge in [-0.25, -0.2) is 0 Å². The van der Waals surface area contributed by atoms with Crippen molar-refractivity contribution in [1.82, 2.24) is 9.13 Å². The smallest absolute Gasteiger partial charge is 0.0635 e. The molecule has 0 radical (unpaired) electrons. The summed E-state index contributed by atoms with van der Waals surface area (Å²) in [6.07, 6.45) is 2.20. The lowest BCUT2D eigenvalue weighted by Crippen LogP contribution is -1.95. The molecule has 0 spiro atoms. The highest BCUT2D eigenvalue weighted by Gasteiger charge is 2.17. The minimum absolute atomic E-state index is 1.16. The Labute approximate surface area is 266 Å². The largest absolute Gasteiger partial charge is 0.316 e. The average molecular weight is 585 g/mol. The van der Waals surface area contributed by atoms with Crippen LogP contribution in [0.5, 0.6) is 0 Å². The molecule has 46 heavy (non-hydrogen) atoms. The molecular weight excluding hydrogens is 556 g/mol. The third kappa shape index (κ3) is 3.59. The molecule has 0 unspecified atom stereocenters. The van der Waals surface area contributed by atoms with E-state index in [4.69, 9.17) is 0 Å². The highest BCUT2D eigenvalue weighted by Crippen LogP contribution is 2.40. The molecule has 2 heteroatoms. The van der Waals surface area contributed by atoms with Crippen LogP contribution in [-0.4, -0.2) is 9.13 Å². The molecule has 2 aromatic heterocycles. The summed E-state index contributed by atoms with van der Waals surface area (Å²) in [4.78, 5) is 0. The summed E-state index contributed by atoms with van der Waals surface area (Å²) in [5.74, 6) is 0. The number of benzene rings is 8. The van der Waals surface area contributed by atoms with E-state index >= 15 is 0 Å². The zero-order chi connectivity index (χ0) is 30.2. The molecule has 0 aliphatic heterocycles. The minimum atomic E-state index is 1.16. The summed E-state index contributed by atoms with van der Waals surface area (Å²) in [5.41, 5.74) is 8.40. The fourth-order valence-corrected chi connectivity index (χ4v) is 7.67. The first-order valence-corrected chi connectivity index (χ1v) is 15.9. The van der Waals surface area contributed by atoms with E-state index in [1.54, 1.807) is 0 Å². The predicted octanol–water partition coefficient (Wildman–Crippen LogP) is 11.9. The quantitative estimate of drug-likeness (QED) is 0.183. The molecule has 0 N–H and O–H groups in total. The van der Waals surface area contributed by atoms with Gasteiger partial charge in [0.15, 0.2) is 0 Å². The van der Waals surface area contributed by atoms with Crippen molar-refractivity contribution in [2.75, 3.05) is 0 Å². The summed E-state index contributed by atoms with van der Waals surface area (Å²) in [5, 5.41) is 11.6. The van der Waals surface area contributed by atoms with Crippen LogP contribution in [0.1, 0.15) is 0 Å². The van der Waals surface area contributed by atoms with Crippen LogP contribution in [-0.2, 0) is 0 Å². The lowest BCUT2D eigenvalue weighted by Gasteiger charge is -2.14. The van der Waals surface area contributed by atoms with Crippen LogP contribution < -0.4 is 0 Å². The molecule has 0 amide bonds. The Morgan fingerprint density at radius 2 is 0.891 bits per heavy atom. The van der Waals surface area contributed by atoms with Gasteiger partial charge in [-0.15, -0.1) is 0 Å². The SMILES string of the molecule is c1ccc(-n2ccc3c2ccc2c4ccccc4n(-c4cccc(-c5ccc6c7ccccc7c7ccccc7c6c5)c4)c23)cc1. The minimum Gasteiger partial charge on any atom is -0.316 e. The molecule has 214 valence electrons. The molecule has 2 nitrogen and oxygen atoms in total. The second-order valence-electron chi connectivity index (χ2n) is 12.2. The molecule has 0 saturated heterocycles. The Bertz CT molecular complexity index is 2760. The van der Waals surface area contributed by atoms with Crippen molar-refractivity contribution < 1.29 is 0 Å². The third-order valence-electron chi connectivity index (χ3n) is 9.72. The van der Waals surface area contributed by atoms with Crippen molar-refractivity contribution in [2.45, 2.75) is 0 Å². The normalized spacial score (nSPS) is 11.9. The van der Waals surface area contributed by atoms with Gasteiger partial charge in [-0.1, -0.05) is 115 Å². The third-order valence-corrected chi connectivity index (χ3v) is 9.72. The molecule has 10 rings (SSSR count). The predicted molar refractivity (Wildman–Crippen MR) is 196 cm³/mol. The molecule has 0 atom stereocenters. The molecule has 0 saturated carbocycles. The van der Waals surface area contributed by atoms with Crippen LogP contribution in [0.2, 0.25) is 0 Å². The van der Waals surface area contributed by atoms with E-state index in [0.29, 0.717) is 0 Å². The van der Waals surface area contributed by atoms with Crippen LogP contribution in [0.4, 0.5) is 0 Å². The van der Waals surface area contributed by atoms with Crippen LogP contribution in [0.3, 0.4) is 0 Å². The standard InChI is InChI=1S/C44H28N2/c1-2-12-31(13-3-1)45-26-25-40-42(45)24-23-39-38-19-8-9-20-43(38)46(44(39)40)32-14-10-11-29(27-32)30-21-22-37-35-17-5-4-15-33(35)34-16-6-7-18-36(34)41(37)28-30/h1-28H. The van der Waals surface area contributed by atoms with Crippen molar-refractivity contribution in [3.05, 3.63) is 170 Å². The Morgan fingerprint density at radius 3 is 1.65 bits per heavy atom. The van der Waals surface area contributed by atoms with Crippen molar-refractivity contribution in [3.63, 3.8) is 0 Å². The average Bonchev–Trinajstić information content (AvgIpc) is 3.72. The first-order valence-electron chi connectivity index (χ1n) is 15.9.